The van der Waals surface area contributed by atoms with Gasteiger partial charge in [-0.25, -0.2) is 0 Å². The normalized spacial score (nSPS) is 12.6. The molecule has 0 aliphatic rings. The lowest BCUT2D eigenvalue weighted by Crippen LogP contribution is -2.15. The van der Waals surface area contributed by atoms with Crippen LogP contribution in [0.2, 0.25) is 0 Å². The molecule has 138 valence electrons. The molecule has 0 radical (unpaired) electrons. The average molecular weight is 348 g/mol. The Morgan fingerprint density at radius 1 is 0.720 bits per heavy atom. The van der Waals surface area contributed by atoms with Crippen molar-refractivity contribution < 1.29 is 24.4 Å². The van der Waals surface area contributed by atoms with Crippen LogP contribution in [0.3, 0.4) is 0 Å². The summed E-state index contributed by atoms with van der Waals surface area (Å²) >= 11 is 0. The van der Waals surface area contributed by atoms with Crippen LogP contribution < -0.4 is 0 Å². The molecule has 0 bridgehead atoms. The Morgan fingerprint density at radius 2 is 1.52 bits per heavy atom. The Hall–Kier alpha value is -1.50. The van der Waals surface area contributed by atoms with E-state index in [0.717, 1.165) is 35.6 Å². The van der Waals surface area contributed by atoms with Crippen LogP contribution in [0.15, 0.2) is 42.5 Å². The van der Waals surface area contributed by atoms with E-state index in [0.29, 0.717) is 26.4 Å². The van der Waals surface area contributed by atoms with Crippen molar-refractivity contribution in [3.05, 3.63) is 48.0 Å². The summed E-state index contributed by atoms with van der Waals surface area (Å²) in [6, 6.07) is 14.3. The zero-order valence-corrected chi connectivity index (χ0v) is 14.6. The molecular weight excluding hydrogens is 320 g/mol. The Bertz CT molecular complexity index is 582. The molecule has 5 nitrogen and oxygen atoms in total. The van der Waals surface area contributed by atoms with Gasteiger partial charge in [-0.3, -0.25) is 0 Å². The predicted octanol–water partition coefficient (Wildman–Crippen LogP) is 3.04. The minimum atomic E-state index is -0.460. The number of aliphatic hydroxyl groups is 2. The lowest BCUT2D eigenvalue weighted by molar-refractivity contribution is -0.155. The largest absolute Gasteiger partial charge is 0.396 e. The van der Waals surface area contributed by atoms with E-state index in [-0.39, 0.29) is 13.2 Å². The van der Waals surface area contributed by atoms with Crippen molar-refractivity contribution >= 4 is 10.8 Å². The first-order valence-corrected chi connectivity index (χ1v) is 8.87. The zero-order chi connectivity index (χ0) is 17.7. The highest BCUT2D eigenvalue weighted by molar-refractivity contribution is 5.85. The van der Waals surface area contributed by atoms with Gasteiger partial charge in [0, 0.05) is 12.2 Å². The molecule has 2 aromatic rings. The monoisotopic (exact) mass is 348 g/mol. The molecule has 2 aromatic carbocycles. The van der Waals surface area contributed by atoms with Gasteiger partial charge in [-0.1, -0.05) is 42.5 Å². The first-order chi connectivity index (χ1) is 12.4. The van der Waals surface area contributed by atoms with Crippen molar-refractivity contribution in [1.29, 1.82) is 0 Å². The van der Waals surface area contributed by atoms with Crippen molar-refractivity contribution in [2.24, 2.45) is 0 Å². The molecule has 0 fully saturated rings. The number of rotatable bonds is 13. The van der Waals surface area contributed by atoms with E-state index in [2.05, 4.69) is 18.2 Å². The first-order valence-electron chi connectivity index (χ1n) is 8.87. The quantitative estimate of drug-likeness (QED) is 0.430. The van der Waals surface area contributed by atoms with Crippen molar-refractivity contribution in [3.63, 3.8) is 0 Å². The maximum absolute atomic E-state index is 8.86. The van der Waals surface area contributed by atoms with Crippen LogP contribution in [-0.2, 0) is 14.2 Å². The Labute approximate surface area is 149 Å². The molecule has 0 aliphatic carbocycles. The van der Waals surface area contributed by atoms with Crippen molar-refractivity contribution in [2.75, 3.05) is 39.6 Å². The van der Waals surface area contributed by atoms with Crippen LogP contribution in [-0.4, -0.2) is 49.9 Å². The van der Waals surface area contributed by atoms with Gasteiger partial charge >= 0.3 is 0 Å². The molecule has 0 spiro atoms. The SMILES string of the molecule is OCCCCCOC(OCCOCCO)c1cccc2ccccc12. The molecule has 2 rings (SSSR count). The van der Waals surface area contributed by atoms with E-state index >= 15 is 0 Å². The Morgan fingerprint density at radius 3 is 2.36 bits per heavy atom. The lowest BCUT2D eigenvalue weighted by Gasteiger charge is -2.21. The van der Waals surface area contributed by atoms with Gasteiger partial charge in [0.15, 0.2) is 6.29 Å². The number of hydrogen-bond donors (Lipinski definition) is 2. The highest BCUT2D eigenvalue weighted by atomic mass is 16.7. The molecule has 0 saturated carbocycles. The van der Waals surface area contributed by atoms with Crippen LogP contribution in [0.25, 0.3) is 10.8 Å². The summed E-state index contributed by atoms with van der Waals surface area (Å²) in [6.07, 6.45) is 2.14. The smallest absolute Gasteiger partial charge is 0.184 e. The second kappa shape index (κ2) is 12.0. The number of benzene rings is 2. The highest BCUT2D eigenvalue weighted by Crippen LogP contribution is 2.27. The minimum absolute atomic E-state index is 0.00804. The second-order valence-electron chi connectivity index (χ2n) is 5.76. The fourth-order valence-corrected chi connectivity index (χ4v) is 2.65. The molecule has 0 aliphatic heterocycles. The van der Waals surface area contributed by atoms with E-state index in [9.17, 15) is 0 Å². The van der Waals surface area contributed by atoms with Crippen LogP contribution in [0, 0.1) is 0 Å². The third kappa shape index (κ3) is 6.72. The van der Waals surface area contributed by atoms with Crippen molar-refractivity contribution in [3.8, 4) is 0 Å². The predicted molar refractivity (Wildman–Crippen MR) is 97.4 cm³/mol. The third-order valence-corrected chi connectivity index (χ3v) is 3.88. The van der Waals surface area contributed by atoms with Gasteiger partial charge in [-0.2, -0.15) is 0 Å². The number of fused-ring (bicyclic) bond motifs is 1. The van der Waals surface area contributed by atoms with Gasteiger partial charge in [0.05, 0.1) is 33.0 Å². The van der Waals surface area contributed by atoms with Crippen LogP contribution in [0.4, 0.5) is 0 Å². The van der Waals surface area contributed by atoms with Gasteiger partial charge in [0.1, 0.15) is 0 Å². The molecule has 25 heavy (non-hydrogen) atoms. The second-order valence-corrected chi connectivity index (χ2v) is 5.76. The summed E-state index contributed by atoms with van der Waals surface area (Å²) in [4.78, 5) is 0. The summed E-state index contributed by atoms with van der Waals surface area (Å²) in [5.41, 5.74) is 1.00. The fourth-order valence-electron chi connectivity index (χ4n) is 2.65. The van der Waals surface area contributed by atoms with Gasteiger partial charge in [0.25, 0.3) is 0 Å². The zero-order valence-electron chi connectivity index (χ0n) is 14.6. The molecule has 5 heteroatoms. The van der Waals surface area contributed by atoms with E-state index in [4.69, 9.17) is 24.4 Å². The summed E-state index contributed by atoms with van der Waals surface area (Å²) in [7, 11) is 0. The van der Waals surface area contributed by atoms with Crippen molar-refractivity contribution in [1.82, 2.24) is 0 Å². The topological polar surface area (TPSA) is 68.2 Å². The van der Waals surface area contributed by atoms with Crippen LogP contribution in [0.5, 0.6) is 0 Å². The molecule has 1 unspecified atom stereocenters. The minimum Gasteiger partial charge on any atom is -0.396 e. The van der Waals surface area contributed by atoms with E-state index in [1.165, 1.54) is 0 Å². The first kappa shape index (κ1) is 19.8. The standard InChI is InChI=1S/C20H28O5/c21-11-4-1-5-13-24-20(25-16-15-23-14-12-22)19-10-6-8-17-7-2-3-9-18(17)19/h2-3,6-10,20-22H,1,4-5,11-16H2. The maximum Gasteiger partial charge on any atom is 0.184 e. The number of ether oxygens (including phenoxy) is 3. The summed E-state index contributed by atoms with van der Waals surface area (Å²) in [5, 5.41) is 19.9. The molecule has 2 N–H and O–H groups in total. The van der Waals surface area contributed by atoms with Gasteiger partial charge < -0.3 is 24.4 Å². The van der Waals surface area contributed by atoms with Gasteiger partial charge in [0.2, 0.25) is 0 Å². The van der Waals surface area contributed by atoms with Crippen LogP contribution >= 0.6 is 0 Å². The third-order valence-electron chi connectivity index (χ3n) is 3.88. The Kier molecular flexibility index (Phi) is 9.47. The van der Waals surface area contributed by atoms with Crippen LogP contribution in [0.1, 0.15) is 31.1 Å². The van der Waals surface area contributed by atoms with E-state index < -0.39 is 6.29 Å². The summed E-state index contributed by atoms with van der Waals surface area (Å²) in [6.45, 7) is 1.91. The molecular formula is C20H28O5. The summed E-state index contributed by atoms with van der Waals surface area (Å²) in [5.74, 6) is 0. The average Bonchev–Trinajstić information content (AvgIpc) is 2.65. The van der Waals surface area contributed by atoms with E-state index in [1.807, 2.05) is 24.3 Å². The summed E-state index contributed by atoms with van der Waals surface area (Å²) < 4.78 is 17.1. The maximum atomic E-state index is 8.86. The molecule has 1 atom stereocenters. The van der Waals surface area contributed by atoms with Gasteiger partial charge in [-0.05, 0) is 30.0 Å². The van der Waals surface area contributed by atoms with Gasteiger partial charge in [-0.15, -0.1) is 0 Å². The highest BCUT2D eigenvalue weighted by Gasteiger charge is 2.15. The number of unbranched alkanes of at least 4 members (excludes halogenated alkanes) is 2. The number of aliphatic hydroxyl groups excluding tert-OH is 2. The molecule has 0 heterocycles. The number of hydrogen-bond acceptors (Lipinski definition) is 5. The molecule has 0 saturated heterocycles. The lowest BCUT2D eigenvalue weighted by atomic mass is 10.0. The molecule has 0 aromatic heterocycles. The van der Waals surface area contributed by atoms with E-state index in [1.54, 1.807) is 0 Å². The van der Waals surface area contributed by atoms with Crippen molar-refractivity contribution in [2.45, 2.75) is 25.6 Å². The molecule has 0 amide bonds. The Balaban J connectivity index is 2.01. The fraction of sp³-hybridized carbons (Fsp3) is 0.500.